The van der Waals surface area contributed by atoms with Gasteiger partial charge in [0, 0.05) is 36.5 Å². The van der Waals surface area contributed by atoms with E-state index in [1.54, 1.807) is 29.2 Å². The quantitative estimate of drug-likeness (QED) is 0.413. The van der Waals surface area contributed by atoms with Crippen LogP contribution < -0.4 is 9.80 Å². The van der Waals surface area contributed by atoms with E-state index in [0.29, 0.717) is 34.5 Å². The average Bonchev–Trinajstić information content (AvgIpc) is 3.39. The van der Waals surface area contributed by atoms with Gasteiger partial charge in [0.2, 0.25) is 11.8 Å². The van der Waals surface area contributed by atoms with E-state index in [0.717, 1.165) is 28.9 Å². The third-order valence-corrected chi connectivity index (χ3v) is 7.30. The number of nitrogens with zero attached hydrogens (tertiary/aromatic N) is 4. The van der Waals surface area contributed by atoms with Gasteiger partial charge in [-0.05, 0) is 55.9 Å². The first-order valence-corrected chi connectivity index (χ1v) is 12.6. The largest absolute Gasteiger partial charge is 0.302 e. The van der Waals surface area contributed by atoms with Gasteiger partial charge in [-0.1, -0.05) is 42.9 Å². The molecule has 0 atom stereocenters. The normalized spacial score (nSPS) is 14.0. The summed E-state index contributed by atoms with van der Waals surface area (Å²) in [5, 5.41) is 1.23. The highest BCUT2D eigenvalue weighted by Crippen LogP contribution is 2.34. The van der Waals surface area contributed by atoms with Crippen LogP contribution in [0.2, 0.25) is 5.02 Å². The number of imide groups is 1. The molecule has 0 saturated carbocycles. The summed E-state index contributed by atoms with van der Waals surface area (Å²) in [6, 6.07) is 10.4. The number of likely N-dealkylation sites (N-methyl/N-ethyl adjacent to an activating group) is 1. The minimum atomic E-state index is -0.244. The summed E-state index contributed by atoms with van der Waals surface area (Å²) >= 11 is 7.67. The maximum atomic E-state index is 13.8. The lowest BCUT2D eigenvalue weighted by atomic mass is 10.1. The molecule has 4 rings (SSSR count). The van der Waals surface area contributed by atoms with Gasteiger partial charge in [-0.25, -0.2) is 4.98 Å². The smallest absolute Gasteiger partial charge is 0.260 e. The highest BCUT2D eigenvalue weighted by Gasteiger charge is 2.31. The van der Waals surface area contributed by atoms with Crippen LogP contribution in [0.4, 0.5) is 10.8 Å². The first-order valence-electron chi connectivity index (χ1n) is 11.4. The number of fused-ring (bicyclic) bond motifs is 1. The number of carbonyl (C=O) groups excluding carboxylic acids is 3. The third-order valence-electron chi connectivity index (χ3n) is 6.05. The van der Waals surface area contributed by atoms with Crippen LogP contribution in [-0.4, -0.2) is 53.8 Å². The summed E-state index contributed by atoms with van der Waals surface area (Å²) in [4.78, 5) is 48.0. The maximum absolute atomic E-state index is 13.8. The number of anilines is 2. The van der Waals surface area contributed by atoms with E-state index >= 15 is 0 Å². The van der Waals surface area contributed by atoms with Crippen LogP contribution in [0.1, 0.15) is 42.6 Å². The van der Waals surface area contributed by atoms with Crippen LogP contribution >= 0.6 is 22.9 Å². The second-order valence-electron chi connectivity index (χ2n) is 8.22. The van der Waals surface area contributed by atoms with Crippen LogP contribution in [0.5, 0.6) is 0 Å². The highest BCUT2D eigenvalue weighted by molar-refractivity contribution is 7.22. The molecule has 1 aliphatic heterocycles. The Morgan fingerprint density at radius 2 is 1.79 bits per heavy atom. The molecule has 0 aliphatic carbocycles. The van der Waals surface area contributed by atoms with Crippen molar-refractivity contribution in [2.75, 3.05) is 36.0 Å². The third kappa shape index (κ3) is 4.85. The van der Waals surface area contributed by atoms with E-state index in [1.165, 1.54) is 16.2 Å². The number of hydrogen-bond acceptors (Lipinski definition) is 6. The first kappa shape index (κ1) is 24.3. The molecule has 1 aromatic heterocycles. The number of hydrogen-bond donors (Lipinski definition) is 0. The fourth-order valence-electron chi connectivity index (χ4n) is 4.12. The number of aryl methyl sites for hydroxylation is 1. The number of thiazole rings is 1. The topological polar surface area (TPSA) is 73.8 Å². The molecule has 3 amide bonds. The van der Waals surface area contributed by atoms with Crippen molar-refractivity contribution >= 4 is 61.7 Å². The van der Waals surface area contributed by atoms with Crippen LogP contribution in [-0.2, 0) is 9.59 Å². The van der Waals surface area contributed by atoms with Gasteiger partial charge in [-0.15, -0.1) is 0 Å². The molecule has 2 aromatic carbocycles. The Morgan fingerprint density at radius 3 is 2.47 bits per heavy atom. The lowest BCUT2D eigenvalue weighted by molar-refractivity contribution is -0.121. The minimum Gasteiger partial charge on any atom is -0.302 e. The Balaban J connectivity index is 1.71. The average molecular weight is 499 g/mol. The van der Waals surface area contributed by atoms with E-state index in [2.05, 4.69) is 18.7 Å². The molecule has 1 aliphatic rings. The zero-order valence-corrected chi connectivity index (χ0v) is 21.1. The molecule has 1 fully saturated rings. The van der Waals surface area contributed by atoms with E-state index in [-0.39, 0.29) is 30.6 Å². The molecule has 178 valence electrons. The predicted octanol–water partition coefficient (Wildman–Crippen LogP) is 4.90. The van der Waals surface area contributed by atoms with Crippen molar-refractivity contribution in [2.45, 2.75) is 33.6 Å². The molecule has 7 nitrogen and oxygen atoms in total. The lowest BCUT2D eigenvalue weighted by Gasteiger charge is -2.25. The van der Waals surface area contributed by atoms with Crippen LogP contribution in [0.25, 0.3) is 10.2 Å². The molecule has 9 heteroatoms. The monoisotopic (exact) mass is 498 g/mol. The molecular weight excluding hydrogens is 472 g/mol. The summed E-state index contributed by atoms with van der Waals surface area (Å²) in [7, 11) is 0. The second kappa shape index (κ2) is 10.2. The minimum absolute atomic E-state index is 0.195. The Bertz CT molecular complexity index is 1240. The van der Waals surface area contributed by atoms with Crippen LogP contribution in [0.15, 0.2) is 36.4 Å². The number of halogens is 1. The van der Waals surface area contributed by atoms with Gasteiger partial charge in [0.25, 0.3) is 5.91 Å². The van der Waals surface area contributed by atoms with Gasteiger partial charge in [0.05, 0.1) is 15.9 Å². The van der Waals surface area contributed by atoms with Gasteiger partial charge < -0.3 is 4.90 Å². The Morgan fingerprint density at radius 1 is 1.09 bits per heavy atom. The van der Waals surface area contributed by atoms with Crippen molar-refractivity contribution in [1.82, 2.24) is 9.88 Å². The Hall–Kier alpha value is -2.81. The first-order chi connectivity index (χ1) is 16.3. The van der Waals surface area contributed by atoms with E-state index < -0.39 is 0 Å². The van der Waals surface area contributed by atoms with Crippen molar-refractivity contribution in [3.63, 3.8) is 0 Å². The zero-order valence-electron chi connectivity index (χ0n) is 19.5. The standard InChI is InChI=1S/C25H27ClN4O3S/c1-4-28(5-2)11-12-29(25-27-23-16(3)13-18(26)15-20(23)34-25)24(33)17-7-6-8-19(14-17)30-21(31)9-10-22(30)32/h6-8,13-15H,4-5,9-12H2,1-3H3. The van der Waals surface area contributed by atoms with Gasteiger partial charge in [0.1, 0.15) is 0 Å². The molecule has 0 bridgehead atoms. The molecule has 34 heavy (non-hydrogen) atoms. The number of benzene rings is 2. The van der Waals surface area contributed by atoms with Crippen LogP contribution in [0, 0.1) is 6.92 Å². The Kier molecular flexibility index (Phi) is 7.30. The van der Waals surface area contributed by atoms with Crippen molar-refractivity contribution in [1.29, 1.82) is 0 Å². The lowest BCUT2D eigenvalue weighted by Crippen LogP contribution is -2.39. The van der Waals surface area contributed by atoms with E-state index in [9.17, 15) is 14.4 Å². The summed E-state index contributed by atoms with van der Waals surface area (Å²) < 4.78 is 0.919. The summed E-state index contributed by atoms with van der Waals surface area (Å²) in [5.74, 6) is -0.714. The van der Waals surface area contributed by atoms with Crippen molar-refractivity contribution < 1.29 is 14.4 Å². The molecule has 0 unspecified atom stereocenters. The molecular formula is C25H27ClN4O3S. The highest BCUT2D eigenvalue weighted by atomic mass is 35.5. The number of amides is 3. The SMILES string of the molecule is CCN(CC)CCN(C(=O)c1cccc(N2C(=O)CCC2=O)c1)c1nc2c(C)cc(Cl)cc2s1. The predicted molar refractivity (Wildman–Crippen MR) is 137 cm³/mol. The van der Waals surface area contributed by atoms with Crippen molar-refractivity contribution in [3.05, 3.63) is 52.5 Å². The summed E-state index contributed by atoms with van der Waals surface area (Å²) in [5.41, 5.74) is 2.61. The fraction of sp³-hybridized carbons (Fsp3) is 0.360. The fourth-order valence-corrected chi connectivity index (χ4v) is 5.57. The zero-order chi connectivity index (χ0) is 24.4. The van der Waals surface area contributed by atoms with E-state index in [4.69, 9.17) is 16.6 Å². The molecule has 0 radical (unpaired) electrons. The molecule has 0 N–H and O–H groups in total. The van der Waals surface area contributed by atoms with Gasteiger partial charge in [-0.2, -0.15) is 0 Å². The number of aromatic nitrogens is 1. The van der Waals surface area contributed by atoms with Crippen molar-refractivity contribution in [2.24, 2.45) is 0 Å². The molecule has 3 aromatic rings. The summed E-state index contributed by atoms with van der Waals surface area (Å²) in [6.45, 7) is 9.03. The maximum Gasteiger partial charge on any atom is 0.260 e. The van der Waals surface area contributed by atoms with E-state index in [1.807, 2.05) is 19.1 Å². The second-order valence-corrected chi connectivity index (χ2v) is 9.67. The summed E-state index contributed by atoms with van der Waals surface area (Å²) in [6.07, 6.45) is 0.390. The van der Waals surface area contributed by atoms with Gasteiger partial charge in [0.15, 0.2) is 5.13 Å². The van der Waals surface area contributed by atoms with Crippen LogP contribution in [0.3, 0.4) is 0 Å². The van der Waals surface area contributed by atoms with Gasteiger partial charge >= 0.3 is 0 Å². The molecule has 0 spiro atoms. The Labute approximate surface area is 207 Å². The molecule has 2 heterocycles. The number of rotatable bonds is 8. The van der Waals surface area contributed by atoms with Gasteiger partial charge in [-0.3, -0.25) is 24.2 Å². The number of carbonyl (C=O) groups is 3. The van der Waals surface area contributed by atoms with Crippen molar-refractivity contribution in [3.8, 4) is 0 Å². The molecule has 1 saturated heterocycles.